The van der Waals surface area contributed by atoms with Gasteiger partial charge in [-0.2, -0.15) is 0 Å². The van der Waals surface area contributed by atoms with Crippen molar-refractivity contribution in [3.8, 4) is 0 Å². The first-order valence-corrected chi connectivity index (χ1v) is 9.34. The average molecular weight is 315 g/mol. The van der Waals surface area contributed by atoms with Gasteiger partial charge in [0.05, 0.1) is 17.6 Å². The Balaban J connectivity index is 1.90. The van der Waals surface area contributed by atoms with E-state index < -0.39 is 0 Å². The molecular weight excluding hydrogens is 290 g/mol. The average Bonchev–Trinajstić information content (AvgIpc) is 3.18. The summed E-state index contributed by atoms with van der Waals surface area (Å²) in [5.74, 6) is 1.89. The molecule has 22 heavy (non-hydrogen) atoms. The summed E-state index contributed by atoms with van der Waals surface area (Å²) in [6.07, 6.45) is 10.2. The summed E-state index contributed by atoms with van der Waals surface area (Å²) in [4.78, 5) is 3.86. The minimum Gasteiger partial charge on any atom is -0.498 e. The van der Waals surface area contributed by atoms with E-state index in [1.807, 2.05) is 11.3 Å². The van der Waals surface area contributed by atoms with E-state index in [-0.39, 0.29) is 11.0 Å². The van der Waals surface area contributed by atoms with E-state index in [1.54, 1.807) is 0 Å². The lowest BCUT2D eigenvalue weighted by molar-refractivity contribution is 0.0760. The molecule has 0 amide bonds. The monoisotopic (exact) mass is 315 g/mol. The molecule has 0 N–H and O–H groups in total. The highest BCUT2D eigenvalue weighted by Gasteiger charge is 2.65. The summed E-state index contributed by atoms with van der Waals surface area (Å²) in [7, 11) is 4.47. The molecule has 1 fully saturated rings. The van der Waals surface area contributed by atoms with Crippen LogP contribution in [0, 0.1) is 11.3 Å². The van der Waals surface area contributed by atoms with E-state index in [9.17, 15) is 0 Å². The SMILES string of the molecule is CCOC1=C[C@]2(N(C)C)C(c3cccs3)=C[C@]13CCCC[C@@H]32. The van der Waals surface area contributed by atoms with Gasteiger partial charge in [-0.1, -0.05) is 25.0 Å². The van der Waals surface area contributed by atoms with Gasteiger partial charge in [-0.05, 0) is 57.0 Å². The molecule has 1 heterocycles. The van der Waals surface area contributed by atoms with Crippen molar-refractivity contribution in [1.29, 1.82) is 0 Å². The van der Waals surface area contributed by atoms with E-state index in [0.717, 1.165) is 6.61 Å². The van der Waals surface area contributed by atoms with Crippen LogP contribution in [-0.2, 0) is 4.74 Å². The molecule has 0 radical (unpaired) electrons. The molecule has 2 bridgehead atoms. The summed E-state index contributed by atoms with van der Waals surface area (Å²) >= 11 is 1.87. The van der Waals surface area contributed by atoms with Gasteiger partial charge in [0, 0.05) is 10.8 Å². The molecule has 0 aliphatic heterocycles. The Bertz CT molecular complexity index is 630. The van der Waals surface area contributed by atoms with Gasteiger partial charge in [-0.3, -0.25) is 4.90 Å². The number of nitrogens with zero attached hydrogens (tertiary/aromatic N) is 1. The van der Waals surface area contributed by atoms with Crippen LogP contribution in [0.5, 0.6) is 0 Å². The number of hydrogen-bond acceptors (Lipinski definition) is 3. The van der Waals surface area contributed by atoms with E-state index in [0.29, 0.717) is 5.92 Å². The standard InChI is InChI=1S/C19H25NOS/c1-4-21-17-13-19(20(2)3)14(15-8-7-11-22-15)12-18(17)10-6-5-9-16(18)19/h7-8,11-13,16H,4-6,9-10H2,1-3H3/t16-,18-,19-/m0/s1. The first-order valence-electron chi connectivity index (χ1n) is 8.46. The molecule has 3 atom stereocenters. The minimum absolute atomic E-state index is 0.0236. The largest absolute Gasteiger partial charge is 0.498 e. The Morgan fingerprint density at radius 2 is 2.18 bits per heavy atom. The van der Waals surface area contributed by atoms with Gasteiger partial charge < -0.3 is 4.74 Å². The third-order valence-corrected chi connectivity index (χ3v) is 6.86. The number of rotatable bonds is 4. The van der Waals surface area contributed by atoms with Gasteiger partial charge in [0.2, 0.25) is 0 Å². The summed E-state index contributed by atoms with van der Waals surface area (Å²) in [6.45, 7) is 2.87. The summed E-state index contributed by atoms with van der Waals surface area (Å²) in [5, 5.41) is 2.19. The number of ether oxygens (including phenoxy) is 1. The van der Waals surface area contributed by atoms with Crippen molar-refractivity contribution in [2.24, 2.45) is 11.3 Å². The highest BCUT2D eigenvalue weighted by molar-refractivity contribution is 7.11. The number of hydrogen-bond donors (Lipinski definition) is 0. The molecule has 3 heteroatoms. The van der Waals surface area contributed by atoms with Gasteiger partial charge in [-0.15, -0.1) is 11.3 Å². The molecule has 118 valence electrons. The molecule has 2 nitrogen and oxygen atoms in total. The topological polar surface area (TPSA) is 12.5 Å². The first kappa shape index (κ1) is 14.5. The maximum Gasteiger partial charge on any atom is 0.104 e. The van der Waals surface area contributed by atoms with Crippen molar-refractivity contribution in [3.63, 3.8) is 0 Å². The molecular formula is C19H25NOS. The van der Waals surface area contributed by atoms with Gasteiger partial charge in [-0.25, -0.2) is 0 Å². The molecule has 1 aromatic heterocycles. The Kier molecular flexibility index (Phi) is 3.28. The molecule has 1 saturated carbocycles. The molecule has 0 aromatic carbocycles. The van der Waals surface area contributed by atoms with Crippen LogP contribution in [0.25, 0.3) is 5.57 Å². The molecule has 0 spiro atoms. The molecule has 1 aromatic rings. The highest BCUT2D eigenvalue weighted by Crippen LogP contribution is 2.68. The lowest BCUT2D eigenvalue weighted by Crippen LogP contribution is -2.48. The van der Waals surface area contributed by atoms with E-state index in [1.165, 1.54) is 41.9 Å². The fraction of sp³-hybridized carbons (Fsp3) is 0.579. The molecule has 4 rings (SSSR count). The Labute approximate surface area is 137 Å². The van der Waals surface area contributed by atoms with E-state index in [2.05, 4.69) is 55.6 Å². The Hall–Kier alpha value is -1.06. The predicted molar refractivity (Wildman–Crippen MR) is 92.8 cm³/mol. The van der Waals surface area contributed by atoms with Crippen LogP contribution in [0.4, 0.5) is 0 Å². The van der Waals surface area contributed by atoms with Crippen molar-refractivity contribution in [2.75, 3.05) is 20.7 Å². The molecule has 0 saturated heterocycles. The van der Waals surface area contributed by atoms with Crippen LogP contribution >= 0.6 is 11.3 Å². The molecule has 0 unspecified atom stereocenters. The van der Waals surface area contributed by atoms with Crippen LogP contribution < -0.4 is 0 Å². The lowest BCUT2D eigenvalue weighted by atomic mass is 9.67. The Morgan fingerprint density at radius 3 is 2.86 bits per heavy atom. The number of thiophene rings is 1. The highest BCUT2D eigenvalue weighted by atomic mass is 32.1. The van der Waals surface area contributed by atoms with Crippen LogP contribution in [-0.4, -0.2) is 31.1 Å². The second-order valence-corrected chi connectivity index (χ2v) is 7.98. The van der Waals surface area contributed by atoms with Crippen molar-refractivity contribution in [3.05, 3.63) is 40.3 Å². The zero-order valence-electron chi connectivity index (χ0n) is 13.8. The quantitative estimate of drug-likeness (QED) is 0.808. The van der Waals surface area contributed by atoms with Crippen LogP contribution in [0.2, 0.25) is 0 Å². The van der Waals surface area contributed by atoms with E-state index in [4.69, 9.17) is 4.74 Å². The zero-order valence-corrected chi connectivity index (χ0v) is 14.6. The lowest BCUT2D eigenvalue weighted by Gasteiger charge is -2.43. The maximum atomic E-state index is 6.13. The number of likely N-dealkylation sites (N-methyl/N-ethyl adjacent to an activating group) is 1. The van der Waals surface area contributed by atoms with Crippen LogP contribution in [0.1, 0.15) is 37.5 Å². The molecule has 3 aliphatic carbocycles. The smallest absolute Gasteiger partial charge is 0.104 e. The summed E-state index contributed by atoms with van der Waals surface area (Å²) in [5.41, 5.74) is 1.69. The zero-order chi connectivity index (χ0) is 15.4. The second-order valence-electron chi connectivity index (χ2n) is 7.04. The van der Waals surface area contributed by atoms with Crippen molar-refractivity contribution < 1.29 is 4.74 Å². The second kappa shape index (κ2) is 4.97. The summed E-state index contributed by atoms with van der Waals surface area (Å²) in [6, 6.07) is 4.45. The van der Waals surface area contributed by atoms with Crippen LogP contribution in [0.15, 0.2) is 35.4 Å². The minimum atomic E-state index is 0.0236. The van der Waals surface area contributed by atoms with Crippen molar-refractivity contribution in [2.45, 2.75) is 38.1 Å². The van der Waals surface area contributed by atoms with Gasteiger partial charge in [0.1, 0.15) is 5.76 Å². The predicted octanol–water partition coefficient (Wildman–Crippen LogP) is 4.56. The van der Waals surface area contributed by atoms with Gasteiger partial charge >= 0.3 is 0 Å². The number of allylic oxidation sites excluding steroid dienone is 1. The van der Waals surface area contributed by atoms with Gasteiger partial charge in [0.25, 0.3) is 0 Å². The third kappa shape index (κ3) is 1.64. The molecule has 3 aliphatic rings. The van der Waals surface area contributed by atoms with Crippen molar-refractivity contribution in [1.82, 2.24) is 4.90 Å². The third-order valence-electron chi connectivity index (χ3n) is 5.96. The normalized spacial score (nSPS) is 36.3. The van der Waals surface area contributed by atoms with Crippen LogP contribution in [0.3, 0.4) is 0 Å². The fourth-order valence-electron chi connectivity index (χ4n) is 5.14. The first-order chi connectivity index (χ1) is 10.6. The Morgan fingerprint density at radius 1 is 1.32 bits per heavy atom. The summed E-state index contributed by atoms with van der Waals surface area (Å²) < 4.78 is 6.13. The van der Waals surface area contributed by atoms with Gasteiger partial charge in [0.15, 0.2) is 0 Å². The van der Waals surface area contributed by atoms with Crippen molar-refractivity contribution >= 4 is 16.9 Å². The maximum absolute atomic E-state index is 6.13. The van der Waals surface area contributed by atoms with E-state index >= 15 is 0 Å². The fourth-order valence-corrected chi connectivity index (χ4v) is 5.95.